The summed E-state index contributed by atoms with van der Waals surface area (Å²) >= 11 is 3.05. The summed E-state index contributed by atoms with van der Waals surface area (Å²) in [6, 6.07) is 10.5. The molecule has 1 saturated heterocycles. The molecule has 1 fully saturated rings. The zero-order valence-corrected chi connectivity index (χ0v) is 22.6. The Bertz CT molecular complexity index is 685. The van der Waals surface area contributed by atoms with E-state index >= 15 is 0 Å². The van der Waals surface area contributed by atoms with Crippen molar-refractivity contribution in [3.63, 3.8) is 0 Å². The van der Waals surface area contributed by atoms with Gasteiger partial charge in [0.15, 0.2) is 12.4 Å². The van der Waals surface area contributed by atoms with E-state index in [4.69, 9.17) is 9.16 Å². The summed E-state index contributed by atoms with van der Waals surface area (Å²) in [4.78, 5) is 12.8. The highest BCUT2D eigenvalue weighted by atomic mass is 32.2. The van der Waals surface area contributed by atoms with Crippen LogP contribution < -0.4 is 0 Å². The monoisotopic (exact) mass is 484 g/mol. The topological polar surface area (TPSA) is 55.8 Å². The number of benzene rings is 1. The van der Waals surface area contributed by atoms with Crippen molar-refractivity contribution >= 4 is 37.8 Å². The first-order valence-corrected chi connectivity index (χ1v) is 16.2. The maximum absolute atomic E-state index is 12.8. The maximum atomic E-state index is 12.8. The van der Waals surface area contributed by atoms with Crippen molar-refractivity contribution in [1.82, 2.24) is 0 Å². The van der Waals surface area contributed by atoms with Crippen LogP contribution in [0.5, 0.6) is 0 Å². The molecule has 176 valence electrons. The molecule has 1 aliphatic rings. The van der Waals surface area contributed by atoms with Crippen LogP contribution in [0.25, 0.3) is 0 Å². The van der Waals surface area contributed by atoms with E-state index in [1.54, 1.807) is 0 Å². The minimum absolute atomic E-state index is 0.0762. The lowest BCUT2D eigenvalue weighted by Crippen LogP contribution is -2.48. The minimum Gasteiger partial charge on any atom is -0.464 e. The molecule has 0 aliphatic carbocycles. The van der Waals surface area contributed by atoms with E-state index in [-0.39, 0.29) is 17.1 Å². The van der Waals surface area contributed by atoms with Crippen molar-refractivity contribution in [2.24, 2.45) is 0 Å². The van der Waals surface area contributed by atoms with E-state index < -0.39 is 18.5 Å². The van der Waals surface area contributed by atoms with Crippen LogP contribution >= 0.6 is 23.5 Å². The molecule has 0 amide bonds. The predicted octanol–water partition coefficient (Wildman–Crippen LogP) is 5.89. The van der Waals surface area contributed by atoms with Crippen LogP contribution in [-0.2, 0) is 20.4 Å². The van der Waals surface area contributed by atoms with Gasteiger partial charge in [-0.25, -0.2) is 4.79 Å². The molecule has 0 spiro atoms. The summed E-state index contributed by atoms with van der Waals surface area (Å²) in [7, 11) is -2.01. The molecule has 1 aromatic carbocycles. The molecule has 1 aliphatic heterocycles. The maximum Gasteiger partial charge on any atom is 0.335 e. The summed E-state index contributed by atoms with van der Waals surface area (Å²) in [6.07, 6.45) is 2.43. The van der Waals surface area contributed by atoms with Gasteiger partial charge in [0.1, 0.15) is 0 Å². The van der Waals surface area contributed by atoms with Gasteiger partial charge in [-0.1, -0.05) is 51.1 Å². The second-order valence-electron chi connectivity index (χ2n) is 9.71. The highest BCUT2D eigenvalue weighted by Crippen LogP contribution is 2.49. The first-order valence-electron chi connectivity index (χ1n) is 11.4. The van der Waals surface area contributed by atoms with Gasteiger partial charge in [-0.2, -0.15) is 0 Å². The molecule has 1 N–H and O–H groups in total. The summed E-state index contributed by atoms with van der Waals surface area (Å²) in [5.74, 6) is 1.40. The molecule has 31 heavy (non-hydrogen) atoms. The third-order valence-corrected chi connectivity index (χ3v) is 14.4. The van der Waals surface area contributed by atoms with Gasteiger partial charge in [0, 0.05) is 24.0 Å². The first kappa shape index (κ1) is 26.8. The molecule has 0 bridgehead atoms. The van der Waals surface area contributed by atoms with Gasteiger partial charge in [0.25, 0.3) is 0 Å². The zero-order valence-electron chi connectivity index (χ0n) is 20.0. The number of carbonyl (C=O) groups is 1. The van der Waals surface area contributed by atoms with Gasteiger partial charge in [-0.3, -0.25) is 0 Å². The molecule has 0 saturated carbocycles. The van der Waals surface area contributed by atoms with Crippen LogP contribution in [-0.4, -0.2) is 53.8 Å². The number of rotatable bonds is 11. The van der Waals surface area contributed by atoms with Gasteiger partial charge in [0.05, 0.1) is 12.7 Å². The van der Waals surface area contributed by atoms with Crippen molar-refractivity contribution in [2.75, 3.05) is 18.1 Å². The second-order valence-corrected chi connectivity index (χ2v) is 17.4. The van der Waals surface area contributed by atoms with E-state index in [1.165, 1.54) is 29.1 Å². The van der Waals surface area contributed by atoms with Crippen molar-refractivity contribution in [3.05, 3.63) is 35.9 Å². The molecule has 2 rings (SSSR count). The standard InChI is InChI=1S/C24H40O4S2Si/c1-7-27-22(26)24(29-16-17-30-24)21(25)18-20(28-31(5,6)23(2,3)4)15-11-14-19-12-9-8-10-13-19/h8-10,12-13,20-21,25H,7,11,14-18H2,1-6H3/t20-,21-/m1/s1. The summed E-state index contributed by atoms with van der Waals surface area (Å²) in [6.45, 7) is 13.4. The number of aryl methyl sites for hydroxylation is 1. The number of thioether (sulfide) groups is 2. The molecule has 0 aromatic heterocycles. The number of hydrogen-bond acceptors (Lipinski definition) is 6. The Morgan fingerprint density at radius 3 is 2.35 bits per heavy atom. The average Bonchev–Trinajstić information content (AvgIpc) is 3.19. The number of ether oxygens (including phenoxy) is 1. The van der Waals surface area contributed by atoms with E-state index in [9.17, 15) is 9.90 Å². The molecule has 4 nitrogen and oxygen atoms in total. The Morgan fingerprint density at radius 2 is 1.81 bits per heavy atom. The number of aliphatic hydroxyl groups is 1. The van der Waals surface area contributed by atoms with Gasteiger partial charge in [-0.05, 0) is 49.9 Å². The fraction of sp³-hybridized carbons (Fsp3) is 0.708. The van der Waals surface area contributed by atoms with Crippen molar-refractivity contribution < 1.29 is 19.1 Å². The molecule has 1 heterocycles. The Hall–Kier alpha value is -0.473. The minimum atomic E-state index is -2.01. The number of hydrogen-bond donors (Lipinski definition) is 1. The molecular weight excluding hydrogens is 444 g/mol. The quantitative estimate of drug-likeness (QED) is 0.312. The highest BCUT2D eigenvalue weighted by molar-refractivity contribution is 8.22. The summed E-state index contributed by atoms with van der Waals surface area (Å²) in [5.41, 5.74) is 1.32. The normalized spacial score (nSPS) is 18.5. The van der Waals surface area contributed by atoms with E-state index in [0.29, 0.717) is 13.0 Å². The summed E-state index contributed by atoms with van der Waals surface area (Å²) < 4.78 is 11.2. The SMILES string of the molecule is CCOC(=O)C1([C@H](O)C[C@@H](CCCc2ccccc2)O[Si](C)(C)C(C)(C)C)SCCS1. The van der Waals surface area contributed by atoms with Crippen molar-refractivity contribution in [1.29, 1.82) is 0 Å². The molecular formula is C24H40O4S2Si. The van der Waals surface area contributed by atoms with Crippen molar-refractivity contribution in [2.45, 2.75) is 87.8 Å². The zero-order chi connectivity index (χ0) is 23.1. The van der Waals surface area contributed by atoms with Crippen LogP contribution in [0.2, 0.25) is 18.1 Å². The molecule has 2 atom stereocenters. The first-order chi connectivity index (χ1) is 14.5. The third kappa shape index (κ3) is 7.26. The van der Waals surface area contributed by atoms with Crippen LogP contribution in [0, 0.1) is 0 Å². The lowest BCUT2D eigenvalue weighted by molar-refractivity contribution is -0.146. The van der Waals surface area contributed by atoms with Crippen LogP contribution in [0.1, 0.15) is 52.5 Å². The van der Waals surface area contributed by atoms with E-state index in [1.807, 2.05) is 13.0 Å². The average molecular weight is 485 g/mol. The summed E-state index contributed by atoms with van der Waals surface area (Å²) in [5, 5.41) is 11.4. The van der Waals surface area contributed by atoms with Crippen LogP contribution in [0.4, 0.5) is 0 Å². The number of carbonyl (C=O) groups excluding carboxylic acids is 1. The van der Waals surface area contributed by atoms with Gasteiger partial charge in [0.2, 0.25) is 0 Å². The van der Waals surface area contributed by atoms with Crippen LogP contribution in [0.3, 0.4) is 0 Å². The Labute approximate surface area is 198 Å². The Morgan fingerprint density at radius 1 is 1.19 bits per heavy atom. The van der Waals surface area contributed by atoms with E-state index in [0.717, 1.165) is 30.8 Å². The highest BCUT2D eigenvalue weighted by Gasteiger charge is 2.51. The molecule has 0 radical (unpaired) electrons. The van der Waals surface area contributed by atoms with Gasteiger partial charge in [-0.15, -0.1) is 23.5 Å². The Kier molecular flexibility index (Phi) is 10.0. The molecule has 1 aromatic rings. The van der Waals surface area contributed by atoms with E-state index in [2.05, 4.69) is 58.1 Å². The number of aliphatic hydroxyl groups excluding tert-OH is 1. The predicted molar refractivity (Wildman–Crippen MR) is 136 cm³/mol. The molecule has 7 heteroatoms. The Balaban J connectivity index is 2.13. The van der Waals surface area contributed by atoms with Crippen LogP contribution in [0.15, 0.2) is 30.3 Å². The largest absolute Gasteiger partial charge is 0.464 e. The van der Waals surface area contributed by atoms with Gasteiger partial charge >= 0.3 is 5.97 Å². The van der Waals surface area contributed by atoms with Gasteiger partial charge < -0.3 is 14.3 Å². The lowest BCUT2D eigenvalue weighted by Gasteiger charge is -2.41. The molecule has 0 unspecified atom stereocenters. The second kappa shape index (κ2) is 11.6. The smallest absolute Gasteiger partial charge is 0.335 e. The fourth-order valence-electron chi connectivity index (χ4n) is 3.51. The fourth-order valence-corrected chi connectivity index (χ4v) is 7.95. The lowest BCUT2D eigenvalue weighted by atomic mass is 10.0. The third-order valence-electron chi connectivity index (χ3n) is 6.30. The number of esters is 1. The van der Waals surface area contributed by atoms with Crippen molar-refractivity contribution in [3.8, 4) is 0 Å².